The van der Waals surface area contributed by atoms with Crippen LogP contribution in [-0.4, -0.2) is 0 Å². The first kappa shape index (κ1) is 19.1. The van der Waals surface area contributed by atoms with E-state index >= 15 is 0 Å². The van der Waals surface area contributed by atoms with Crippen molar-refractivity contribution in [1.82, 2.24) is 0 Å². The number of nitrogens with zero attached hydrogens (tertiary/aromatic N) is 1. The fraction of sp³-hybridized carbons (Fsp3) is 0.320. The summed E-state index contributed by atoms with van der Waals surface area (Å²) in [5.41, 5.74) is 4.81. The number of hydrogen-bond donors (Lipinski definition) is 0. The van der Waals surface area contributed by atoms with Gasteiger partial charge in [0.05, 0.1) is 5.56 Å². The normalized spacial score (nSPS) is 10.9. The highest BCUT2D eigenvalue weighted by atomic mass is 19.1. The summed E-state index contributed by atoms with van der Waals surface area (Å²) in [7, 11) is 0. The van der Waals surface area contributed by atoms with Gasteiger partial charge in [-0.3, -0.25) is 0 Å². The van der Waals surface area contributed by atoms with Gasteiger partial charge in [0.15, 0.2) is 0 Å². The van der Waals surface area contributed by atoms with Crippen LogP contribution in [0.15, 0.2) is 48.5 Å². The number of unbranched alkanes of at least 4 members (excludes halogenated alkanes) is 2. The van der Waals surface area contributed by atoms with E-state index in [4.69, 9.17) is 5.26 Å². The summed E-state index contributed by atoms with van der Waals surface area (Å²) in [5, 5.41) is 11.6. The van der Waals surface area contributed by atoms with Crippen LogP contribution in [0.3, 0.4) is 0 Å². The van der Waals surface area contributed by atoms with Crippen LogP contribution in [0.2, 0.25) is 0 Å². The van der Waals surface area contributed by atoms with Crippen LogP contribution < -0.4 is 0 Å². The van der Waals surface area contributed by atoms with Gasteiger partial charge in [-0.15, -0.1) is 0 Å². The Morgan fingerprint density at radius 3 is 2.26 bits per heavy atom. The van der Waals surface area contributed by atoms with Gasteiger partial charge in [0, 0.05) is 0 Å². The van der Waals surface area contributed by atoms with Gasteiger partial charge in [-0.2, -0.15) is 5.26 Å². The number of halogens is 1. The van der Waals surface area contributed by atoms with E-state index in [0.717, 1.165) is 49.7 Å². The summed E-state index contributed by atoms with van der Waals surface area (Å²) in [5.74, 6) is -0.445. The van der Waals surface area contributed by atoms with Crippen LogP contribution in [0.1, 0.15) is 56.2 Å². The molecule has 0 unspecified atom stereocenters. The second kappa shape index (κ2) is 8.82. The second-order valence-electron chi connectivity index (χ2n) is 7.12. The Hall–Kier alpha value is -2.66. The zero-order valence-corrected chi connectivity index (χ0v) is 16.2. The molecule has 0 saturated heterocycles. The number of rotatable bonds is 7. The summed E-state index contributed by atoms with van der Waals surface area (Å²) < 4.78 is 14.3. The van der Waals surface area contributed by atoms with Crippen LogP contribution in [0, 0.1) is 17.1 Å². The largest absolute Gasteiger partial charge is 0.206 e. The van der Waals surface area contributed by atoms with E-state index in [-0.39, 0.29) is 5.56 Å². The lowest BCUT2D eigenvalue weighted by Crippen LogP contribution is -2.01. The predicted octanol–water partition coefficient (Wildman–Crippen LogP) is 7.20. The van der Waals surface area contributed by atoms with E-state index in [1.165, 1.54) is 28.0 Å². The molecule has 0 saturated carbocycles. The van der Waals surface area contributed by atoms with E-state index in [1.54, 1.807) is 6.07 Å². The molecule has 2 heteroatoms. The van der Waals surface area contributed by atoms with Crippen LogP contribution in [0.4, 0.5) is 4.39 Å². The molecule has 0 bridgehead atoms. The van der Waals surface area contributed by atoms with Crippen molar-refractivity contribution in [2.75, 3.05) is 0 Å². The number of benzene rings is 3. The van der Waals surface area contributed by atoms with Gasteiger partial charge in [-0.1, -0.05) is 57.0 Å². The molecular weight excluding hydrogens is 333 g/mol. The second-order valence-corrected chi connectivity index (χ2v) is 7.12. The van der Waals surface area contributed by atoms with E-state index in [1.807, 2.05) is 12.1 Å². The highest BCUT2D eigenvalue weighted by Crippen LogP contribution is 2.35. The van der Waals surface area contributed by atoms with E-state index in [2.05, 4.69) is 44.2 Å². The highest BCUT2D eigenvalue weighted by molar-refractivity contribution is 5.92. The molecular formula is C25H26FN. The van der Waals surface area contributed by atoms with Gasteiger partial charge >= 0.3 is 0 Å². The standard InChI is InChI=1S/C25H26FN/c1-3-5-10-22-21-12-8-7-9-18(21)15-24(23(22)11-6-4-2)19-13-14-20(17-27)25(26)16-19/h7-9,12-16H,3-6,10-11H2,1-2H3. The molecule has 0 heterocycles. The predicted molar refractivity (Wildman–Crippen MR) is 111 cm³/mol. The number of aryl methyl sites for hydroxylation is 1. The smallest absolute Gasteiger partial charge is 0.141 e. The highest BCUT2D eigenvalue weighted by Gasteiger charge is 2.15. The number of fused-ring (bicyclic) bond motifs is 1. The monoisotopic (exact) mass is 359 g/mol. The molecule has 0 aliphatic heterocycles. The van der Waals surface area contributed by atoms with E-state index in [9.17, 15) is 4.39 Å². The zero-order valence-electron chi connectivity index (χ0n) is 16.2. The fourth-order valence-electron chi connectivity index (χ4n) is 3.77. The van der Waals surface area contributed by atoms with Gasteiger partial charge in [-0.25, -0.2) is 4.39 Å². The molecule has 0 aliphatic carbocycles. The Bertz CT molecular complexity index is 982. The molecule has 3 aromatic carbocycles. The lowest BCUT2D eigenvalue weighted by molar-refractivity contribution is 0.624. The first-order chi connectivity index (χ1) is 13.2. The lowest BCUT2D eigenvalue weighted by Gasteiger charge is -2.19. The SMILES string of the molecule is CCCCc1c(-c2ccc(C#N)c(F)c2)cc2ccccc2c1CCCC. The van der Waals surface area contributed by atoms with Crippen molar-refractivity contribution in [3.63, 3.8) is 0 Å². The Morgan fingerprint density at radius 1 is 0.889 bits per heavy atom. The average Bonchev–Trinajstić information content (AvgIpc) is 2.70. The van der Waals surface area contributed by atoms with Crippen molar-refractivity contribution in [2.24, 2.45) is 0 Å². The molecule has 0 aromatic heterocycles. The molecule has 0 amide bonds. The molecule has 0 fully saturated rings. The summed E-state index contributed by atoms with van der Waals surface area (Å²) in [4.78, 5) is 0. The summed E-state index contributed by atoms with van der Waals surface area (Å²) >= 11 is 0. The molecule has 0 aliphatic rings. The van der Waals surface area contributed by atoms with Crippen molar-refractivity contribution in [1.29, 1.82) is 5.26 Å². The Kier molecular flexibility index (Phi) is 6.24. The van der Waals surface area contributed by atoms with Gasteiger partial charge in [0.25, 0.3) is 0 Å². The summed E-state index contributed by atoms with van der Waals surface area (Å²) in [6.07, 6.45) is 6.58. The maximum atomic E-state index is 14.3. The van der Waals surface area contributed by atoms with Crippen LogP contribution in [0.25, 0.3) is 21.9 Å². The van der Waals surface area contributed by atoms with Gasteiger partial charge in [-0.05, 0) is 76.9 Å². The van der Waals surface area contributed by atoms with E-state index in [0.29, 0.717) is 0 Å². The molecule has 0 atom stereocenters. The van der Waals surface area contributed by atoms with Crippen molar-refractivity contribution >= 4 is 10.8 Å². The first-order valence-corrected chi connectivity index (χ1v) is 9.93. The van der Waals surface area contributed by atoms with Gasteiger partial charge in [0.2, 0.25) is 0 Å². The fourth-order valence-corrected chi connectivity index (χ4v) is 3.77. The minimum atomic E-state index is -0.445. The maximum Gasteiger partial charge on any atom is 0.141 e. The molecule has 3 rings (SSSR count). The quantitative estimate of drug-likeness (QED) is 0.437. The molecule has 0 radical (unpaired) electrons. The van der Waals surface area contributed by atoms with Gasteiger partial charge in [0.1, 0.15) is 11.9 Å². The van der Waals surface area contributed by atoms with Gasteiger partial charge < -0.3 is 0 Å². The Balaban J connectivity index is 2.26. The van der Waals surface area contributed by atoms with Crippen molar-refractivity contribution in [3.8, 4) is 17.2 Å². The first-order valence-electron chi connectivity index (χ1n) is 9.93. The van der Waals surface area contributed by atoms with Crippen molar-refractivity contribution in [2.45, 2.75) is 52.4 Å². The summed E-state index contributed by atoms with van der Waals surface area (Å²) in [6.45, 7) is 4.42. The molecule has 1 nitrogen and oxygen atoms in total. The van der Waals surface area contributed by atoms with Crippen LogP contribution >= 0.6 is 0 Å². The molecule has 27 heavy (non-hydrogen) atoms. The molecule has 0 spiro atoms. The molecule has 0 N–H and O–H groups in total. The topological polar surface area (TPSA) is 23.8 Å². The number of nitriles is 1. The van der Waals surface area contributed by atoms with Crippen LogP contribution in [-0.2, 0) is 12.8 Å². The van der Waals surface area contributed by atoms with Crippen molar-refractivity contribution in [3.05, 3.63) is 71.0 Å². The minimum Gasteiger partial charge on any atom is -0.206 e. The molecule has 138 valence electrons. The lowest BCUT2D eigenvalue weighted by atomic mass is 9.86. The van der Waals surface area contributed by atoms with E-state index < -0.39 is 5.82 Å². The summed E-state index contributed by atoms with van der Waals surface area (Å²) in [6, 6.07) is 17.6. The Labute approximate surface area is 161 Å². The average molecular weight is 359 g/mol. The molecule has 3 aromatic rings. The third-order valence-electron chi connectivity index (χ3n) is 5.24. The minimum absolute atomic E-state index is 0.0980. The Morgan fingerprint density at radius 2 is 1.59 bits per heavy atom. The number of hydrogen-bond acceptors (Lipinski definition) is 1. The third-order valence-corrected chi connectivity index (χ3v) is 5.24. The zero-order chi connectivity index (χ0) is 19.2. The third kappa shape index (κ3) is 4.03. The maximum absolute atomic E-state index is 14.3. The van der Waals surface area contributed by atoms with Crippen LogP contribution in [0.5, 0.6) is 0 Å². The van der Waals surface area contributed by atoms with Crippen molar-refractivity contribution < 1.29 is 4.39 Å².